The summed E-state index contributed by atoms with van der Waals surface area (Å²) in [5.74, 6) is 2.14. The standard InChI is InChI=1S/C49H52N8O7/c1-30(2)42(54-48(60)62-3)46(58)56-25-11-17-39(56)45-51-29-38(53-45)34-23-24-36(41(27-34)64-35-15-9-6-10-16-35)31-19-21-32(22-20-31)37-28-50-44(52-37)40-18-12-26-57(40)47(59)43(55-49(61)63-4)33-13-7-5-8-14-33/h5-10,13-16,19-24,27-30,39-40,42-43H,11-12,17-18,25-26H2,1-4H3,(H,50,52)(H,51,53)(H,54,60)(H,55,61)/t39-,40-,42-,43+/m0/s1. The molecule has 0 unspecified atom stereocenters. The number of aromatic amines is 2. The summed E-state index contributed by atoms with van der Waals surface area (Å²) in [5.41, 5.74) is 5.83. The Morgan fingerprint density at radius 2 is 1.19 bits per heavy atom. The maximum atomic E-state index is 14.0. The van der Waals surface area contributed by atoms with E-state index in [9.17, 15) is 19.2 Å². The van der Waals surface area contributed by atoms with Crippen molar-refractivity contribution >= 4 is 24.0 Å². The third-order valence-corrected chi connectivity index (χ3v) is 11.9. The van der Waals surface area contributed by atoms with E-state index in [1.54, 1.807) is 22.2 Å². The van der Waals surface area contributed by atoms with Crippen LogP contribution >= 0.6 is 0 Å². The number of aromatic nitrogens is 4. The van der Waals surface area contributed by atoms with E-state index >= 15 is 0 Å². The van der Waals surface area contributed by atoms with Crippen molar-refractivity contribution in [2.75, 3.05) is 27.3 Å². The molecule has 15 heteroatoms. The molecule has 0 bridgehead atoms. The van der Waals surface area contributed by atoms with Gasteiger partial charge in [0.2, 0.25) is 5.91 Å². The fourth-order valence-electron chi connectivity index (χ4n) is 8.55. The summed E-state index contributed by atoms with van der Waals surface area (Å²) in [6, 6.07) is 30.7. The zero-order valence-electron chi connectivity index (χ0n) is 36.2. The number of ether oxygens (including phenoxy) is 3. The first-order valence-electron chi connectivity index (χ1n) is 21.5. The first-order chi connectivity index (χ1) is 31.1. The first-order valence-corrected chi connectivity index (χ1v) is 21.5. The van der Waals surface area contributed by atoms with Crippen LogP contribution in [0.15, 0.2) is 116 Å². The number of hydrogen-bond donors (Lipinski definition) is 4. The molecule has 2 aliphatic heterocycles. The molecule has 4 amide bonds. The van der Waals surface area contributed by atoms with Gasteiger partial charge in [0, 0.05) is 24.2 Å². The van der Waals surface area contributed by atoms with E-state index in [0.29, 0.717) is 41.8 Å². The zero-order valence-corrected chi connectivity index (χ0v) is 36.2. The number of H-pyrrole nitrogens is 2. The van der Waals surface area contributed by atoms with Crippen molar-refractivity contribution in [1.82, 2.24) is 40.4 Å². The van der Waals surface area contributed by atoms with E-state index in [0.717, 1.165) is 59.3 Å². The Hall–Kier alpha value is -7.42. The smallest absolute Gasteiger partial charge is 0.407 e. The molecule has 2 aromatic heterocycles. The predicted octanol–water partition coefficient (Wildman–Crippen LogP) is 8.73. The molecule has 4 heterocycles. The highest BCUT2D eigenvalue weighted by Gasteiger charge is 2.39. The van der Waals surface area contributed by atoms with Crippen LogP contribution in [-0.2, 0) is 19.1 Å². The summed E-state index contributed by atoms with van der Waals surface area (Å²) in [6.07, 6.45) is 5.31. The fourth-order valence-corrected chi connectivity index (χ4v) is 8.55. The zero-order chi connectivity index (χ0) is 44.7. The van der Waals surface area contributed by atoms with Gasteiger partial charge in [-0.2, -0.15) is 0 Å². The van der Waals surface area contributed by atoms with Crippen molar-refractivity contribution in [2.45, 2.75) is 63.7 Å². The number of hydrogen-bond acceptors (Lipinski definition) is 9. The van der Waals surface area contributed by atoms with E-state index in [1.165, 1.54) is 14.2 Å². The average Bonchev–Trinajstić information content (AvgIpc) is 4.18. The third kappa shape index (κ3) is 9.33. The van der Waals surface area contributed by atoms with Gasteiger partial charge < -0.3 is 44.6 Å². The summed E-state index contributed by atoms with van der Waals surface area (Å²) < 4.78 is 16.2. The van der Waals surface area contributed by atoms with E-state index in [4.69, 9.17) is 24.2 Å². The Kier molecular flexibility index (Phi) is 13.1. The van der Waals surface area contributed by atoms with Crippen molar-refractivity contribution in [3.63, 3.8) is 0 Å². The minimum Gasteiger partial charge on any atom is -0.457 e. The number of para-hydroxylation sites is 1. The minimum absolute atomic E-state index is 0.137. The Morgan fingerprint density at radius 3 is 1.78 bits per heavy atom. The van der Waals surface area contributed by atoms with Crippen molar-refractivity contribution in [3.05, 3.63) is 133 Å². The molecule has 2 aliphatic rings. The second-order valence-corrected chi connectivity index (χ2v) is 16.3. The van der Waals surface area contributed by atoms with E-state index in [1.807, 2.05) is 117 Å². The number of benzene rings is 4. The van der Waals surface area contributed by atoms with Crippen molar-refractivity contribution < 1.29 is 33.4 Å². The molecule has 15 nitrogen and oxygen atoms in total. The van der Waals surface area contributed by atoms with E-state index in [-0.39, 0.29) is 29.8 Å². The second kappa shape index (κ2) is 19.3. The van der Waals surface area contributed by atoms with Crippen molar-refractivity contribution in [2.24, 2.45) is 5.92 Å². The average molecular weight is 865 g/mol. The lowest BCUT2D eigenvalue weighted by Crippen LogP contribution is -2.51. The number of nitrogens with one attached hydrogen (secondary N) is 4. The van der Waals surface area contributed by atoms with Crippen molar-refractivity contribution in [3.8, 4) is 45.1 Å². The number of nitrogens with zero attached hydrogens (tertiary/aromatic N) is 4. The molecule has 4 aromatic carbocycles. The maximum absolute atomic E-state index is 14.0. The normalized spacial score (nSPS) is 16.9. The van der Waals surface area contributed by atoms with Crippen LogP contribution in [-0.4, -0.2) is 87.1 Å². The Balaban J connectivity index is 1.02. The molecule has 8 rings (SSSR count). The molecule has 4 N–H and O–H groups in total. The molecule has 330 valence electrons. The molecule has 0 spiro atoms. The summed E-state index contributed by atoms with van der Waals surface area (Å²) in [6.45, 7) is 4.88. The molecule has 4 atom stereocenters. The number of alkyl carbamates (subject to hydrolysis) is 2. The highest BCUT2D eigenvalue weighted by molar-refractivity contribution is 5.88. The van der Waals surface area contributed by atoms with E-state index < -0.39 is 24.3 Å². The number of rotatable bonds is 13. The molecule has 0 aliphatic carbocycles. The molecule has 0 radical (unpaired) electrons. The van der Waals surface area contributed by atoms with Gasteiger partial charge in [0.1, 0.15) is 35.2 Å². The van der Waals surface area contributed by atoms with Gasteiger partial charge in [0.05, 0.1) is 50.1 Å². The van der Waals surface area contributed by atoms with Crippen LogP contribution in [0.1, 0.15) is 74.9 Å². The molecule has 2 fully saturated rings. The second-order valence-electron chi connectivity index (χ2n) is 16.3. The van der Waals surface area contributed by atoms with Gasteiger partial charge in [-0.25, -0.2) is 19.6 Å². The van der Waals surface area contributed by atoms with Crippen LogP contribution < -0.4 is 15.4 Å². The van der Waals surface area contributed by atoms with Gasteiger partial charge in [-0.05, 0) is 72.6 Å². The summed E-state index contributed by atoms with van der Waals surface area (Å²) >= 11 is 0. The fraction of sp³-hybridized carbons (Fsp3) is 0.306. The third-order valence-electron chi connectivity index (χ3n) is 11.9. The van der Waals surface area contributed by atoms with Gasteiger partial charge >= 0.3 is 12.2 Å². The topological polar surface area (TPSA) is 184 Å². The highest BCUT2D eigenvalue weighted by atomic mass is 16.5. The lowest BCUT2D eigenvalue weighted by atomic mass is 10.00. The van der Waals surface area contributed by atoms with Gasteiger partial charge in [0.15, 0.2) is 0 Å². The molecule has 2 saturated heterocycles. The van der Waals surface area contributed by atoms with E-state index in [2.05, 4.69) is 20.6 Å². The lowest BCUT2D eigenvalue weighted by Gasteiger charge is -2.30. The van der Waals surface area contributed by atoms with Gasteiger partial charge in [0.25, 0.3) is 5.91 Å². The lowest BCUT2D eigenvalue weighted by molar-refractivity contribution is -0.135. The number of methoxy groups -OCH3 is 2. The molecule has 6 aromatic rings. The van der Waals surface area contributed by atoms with Crippen molar-refractivity contribution in [1.29, 1.82) is 0 Å². The predicted molar refractivity (Wildman–Crippen MR) is 240 cm³/mol. The van der Waals surface area contributed by atoms with Crippen LogP contribution in [0, 0.1) is 5.92 Å². The number of likely N-dealkylation sites (tertiary alicyclic amines) is 2. The van der Waals surface area contributed by atoms with Crippen LogP contribution in [0.4, 0.5) is 9.59 Å². The SMILES string of the molecule is COC(=O)N[C@H](C(=O)N1CCC[C@H]1c1ncc(-c2ccc(-c3ccc(-c4cnc([C@@H]5CCCN5C(=O)[C@H](NC(=O)OC)c5ccccc5)[nH]4)cc3)c(Oc3ccccc3)c2)[nH]1)C(C)C. The van der Waals surface area contributed by atoms with Crippen LogP contribution in [0.5, 0.6) is 11.5 Å². The van der Waals surface area contributed by atoms with Crippen LogP contribution in [0.25, 0.3) is 33.6 Å². The highest BCUT2D eigenvalue weighted by Crippen LogP contribution is 2.39. The summed E-state index contributed by atoms with van der Waals surface area (Å²) in [5, 5.41) is 5.42. The Labute approximate surface area is 371 Å². The molecule has 64 heavy (non-hydrogen) atoms. The molecular weight excluding hydrogens is 813 g/mol. The minimum atomic E-state index is -0.903. The summed E-state index contributed by atoms with van der Waals surface area (Å²) in [7, 11) is 2.56. The van der Waals surface area contributed by atoms with Gasteiger partial charge in [-0.15, -0.1) is 0 Å². The first kappa shape index (κ1) is 43.2. The monoisotopic (exact) mass is 864 g/mol. The quantitative estimate of drug-likeness (QED) is 0.0882. The van der Waals surface area contributed by atoms with Gasteiger partial charge in [-0.1, -0.05) is 92.7 Å². The summed E-state index contributed by atoms with van der Waals surface area (Å²) in [4.78, 5) is 72.1. The Morgan fingerprint density at radius 1 is 0.656 bits per heavy atom. The maximum Gasteiger partial charge on any atom is 0.407 e. The number of carbonyl (C=O) groups excluding carboxylic acids is 4. The largest absolute Gasteiger partial charge is 0.457 e. The van der Waals surface area contributed by atoms with Crippen LogP contribution in [0.3, 0.4) is 0 Å². The number of imidazole rings is 2. The number of carbonyl (C=O) groups is 4. The Bertz CT molecular complexity index is 2580. The number of amides is 4. The van der Waals surface area contributed by atoms with Crippen LogP contribution in [0.2, 0.25) is 0 Å². The molecule has 0 saturated carbocycles. The van der Waals surface area contributed by atoms with Gasteiger partial charge in [-0.3, -0.25) is 9.59 Å². The molecular formula is C49H52N8O7.